The molecule has 3 aromatic carbocycles. The van der Waals surface area contributed by atoms with Crippen LogP contribution in [-0.2, 0) is 25.0 Å². The van der Waals surface area contributed by atoms with Crippen LogP contribution in [0.1, 0.15) is 12.8 Å². The second-order valence-electron chi connectivity index (χ2n) is 7.49. The van der Waals surface area contributed by atoms with E-state index in [0.29, 0.717) is 42.5 Å². The van der Waals surface area contributed by atoms with E-state index in [4.69, 9.17) is 9.29 Å². The molecule has 3 rings (SSSR count). The zero-order valence-electron chi connectivity index (χ0n) is 18.9. The van der Waals surface area contributed by atoms with E-state index in [2.05, 4.69) is 22.1 Å². The summed E-state index contributed by atoms with van der Waals surface area (Å²) in [5.74, 6) is 0.0950. The quantitative estimate of drug-likeness (QED) is 0.102. The van der Waals surface area contributed by atoms with Crippen molar-refractivity contribution in [3.63, 3.8) is 0 Å². The van der Waals surface area contributed by atoms with Gasteiger partial charge in [-0.3, -0.25) is 13.9 Å². The van der Waals surface area contributed by atoms with Crippen molar-refractivity contribution in [1.29, 1.82) is 0 Å². The second-order valence-corrected chi connectivity index (χ2v) is 10.3. The number of rotatable bonds is 11. The molecule has 0 bridgehead atoms. The molecule has 194 valence electrons. The molecule has 15 heteroatoms. The molecule has 3 N–H and O–H groups in total. The van der Waals surface area contributed by atoms with Gasteiger partial charge in [0.15, 0.2) is 0 Å². The molecular weight excluding hydrogens is 556 g/mol. The summed E-state index contributed by atoms with van der Waals surface area (Å²) in [5, 5.41) is 12.0. The third kappa shape index (κ3) is 9.83. The summed E-state index contributed by atoms with van der Waals surface area (Å²) in [4.78, 5) is 10.6. The molecule has 0 unspecified atom stereocenters. The van der Waals surface area contributed by atoms with Crippen molar-refractivity contribution in [3.05, 3.63) is 67.3 Å². The molecule has 0 spiro atoms. The van der Waals surface area contributed by atoms with Gasteiger partial charge in [0.1, 0.15) is 11.4 Å². The van der Waals surface area contributed by atoms with Gasteiger partial charge in [0.05, 0.1) is 22.1 Å². The Bertz CT molecular complexity index is 1530. The molecule has 0 atom stereocenters. The molecule has 0 aliphatic carbocycles. The van der Waals surface area contributed by atoms with Crippen LogP contribution < -0.4 is 10.1 Å². The number of azo groups is 1. The zero-order chi connectivity index (χ0) is 26.3. The molecule has 0 saturated heterocycles. The zero-order valence-corrected chi connectivity index (χ0v) is 20.5. The fourth-order valence-electron chi connectivity index (χ4n) is 3.14. The van der Waals surface area contributed by atoms with Crippen LogP contribution in [0.3, 0.4) is 0 Å². The van der Waals surface area contributed by atoms with E-state index in [9.17, 15) is 26.2 Å². The number of hydrogen-bond acceptors (Lipinski definition) is 8. The molecule has 0 saturated carbocycles. The van der Waals surface area contributed by atoms with Crippen molar-refractivity contribution < 1.29 is 35.5 Å². The summed E-state index contributed by atoms with van der Waals surface area (Å²) < 4.78 is 69.8. The van der Waals surface area contributed by atoms with Gasteiger partial charge in [-0.15, -0.1) is 5.11 Å². The Morgan fingerprint density at radius 3 is 2.13 bits per heavy atom. The first-order chi connectivity index (χ1) is 17.0. The average Bonchev–Trinajstić information content (AvgIpc) is 2.83. The van der Waals surface area contributed by atoms with Gasteiger partial charge in [-0.1, -0.05) is 18.7 Å². The maximum absolute atomic E-state index is 11.5. The monoisotopic (exact) mass is 581 g/mol. The SMILES string of the molecule is C=CC(=O)NCCCCOc1ccc2cc(S(=O)(=O)O)ccc2c1N=Nc1ccc(S(=O)(=O)O)cc1.[NaH].[NaH]. The number of carbonyl (C=O) groups is 1. The van der Waals surface area contributed by atoms with Crippen LogP contribution in [0, 0.1) is 0 Å². The standard InChI is InChI=1S/C23H23N3O8S2.2Na.2H/c1-2-22(27)24-13-3-4-14-34-21-12-5-16-15-19(36(31,32)33)10-11-20(16)23(21)26-25-17-6-8-18(9-7-17)35(28,29)30;;;;/h2,5-12,15H,1,3-4,13-14H2,(H,24,27)(H,28,29,30)(H,31,32,33);;;;. The van der Waals surface area contributed by atoms with Gasteiger partial charge in [-0.05, 0) is 66.8 Å². The van der Waals surface area contributed by atoms with Crippen molar-refractivity contribution in [3.8, 4) is 5.75 Å². The summed E-state index contributed by atoms with van der Waals surface area (Å²) in [6, 6.07) is 12.2. The van der Waals surface area contributed by atoms with Crippen LogP contribution in [0.5, 0.6) is 5.75 Å². The molecule has 0 aliphatic heterocycles. The first-order valence-corrected chi connectivity index (χ1v) is 13.4. The van der Waals surface area contributed by atoms with Gasteiger partial charge in [-0.25, -0.2) is 0 Å². The predicted octanol–water partition coefficient (Wildman–Crippen LogP) is 2.91. The van der Waals surface area contributed by atoms with E-state index in [0.717, 1.165) is 0 Å². The minimum absolute atomic E-state index is 0. The fraction of sp³-hybridized carbons (Fsp3) is 0.174. The average molecular weight is 582 g/mol. The van der Waals surface area contributed by atoms with E-state index in [1.807, 2.05) is 0 Å². The third-order valence-electron chi connectivity index (χ3n) is 4.94. The van der Waals surface area contributed by atoms with Crippen molar-refractivity contribution >= 4 is 107 Å². The second kappa shape index (κ2) is 15.2. The molecule has 0 aromatic heterocycles. The number of fused-ring (bicyclic) bond motifs is 1. The molecule has 11 nitrogen and oxygen atoms in total. The van der Waals surface area contributed by atoms with Gasteiger partial charge >= 0.3 is 59.1 Å². The van der Waals surface area contributed by atoms with Gasteiger partial charge in [-0.2, -0.15) is 21.9 Å². The molecule has 0 fully saturated rings. The Morgan fingerprint density at radius 2 is 1.53 bits per heavy atom. The van der Waals surface area contributed by atoms with Crippen molar-refractivity contribution in [2.24, 2.45) is 10.2 Å². The first-order valence-electron chi connectivity index (χ1n) is 10.6. The van der Waals surface area contributed by atoms with E-state index < -0.39 is 20.2 Å². The topological polar surface area (TPSA) is 172 Å². The number of carbonyl (C=O) groups excluding carboxylic acids is 1. The summed E-state index contributed by atoms with van der Waals surface area (Å²) in [6.07, 6.45) is 2.46. The van der Waals surface area contributed by atoms with E-state index in [1.165, 1.54) is 48.5 Å². The molecule has 0 heterocycles. The molecule has 38 heavy (non-hydrogen) atoms. The van der Waals surface area contributed by atoms with Crippen LogP contribution in [0.2, 0.25) is 0 Å². The van der Waals surface area contributed by atoms with Crippen LogP contribution >= 0.6 is 0 Å². The normalized spacial score (nSPS) is 11.4. The van der Waals surface area contributed by atoms with Crippen LogP contribution in [0.25, 0.3) is 10.8 Å². The van der Waals surface area contributed by atoms with Crippen LogP contribution in [-0.4, -0.2) is 104 Å². The molecule has 0 aliphatic rings. The Kier molecular flexibility index (Phi) is 13.8. The Hall–Kier alpha value is -1.65. The van der Waals surface area contributed by atoms with Crippen LogP contribution in [0.15, 0.2) is 87.3 Å². The number of hydrogen-bond donors (Lipinski definition) is 3. The van der Waals surface area contributed by atoms with E-state index in [1.54, 1.807) is 12.1 Å². The maximum atomic E-state index is 11.5. The number of ether oxygens (including phenoxy) is 1. The fourth-order valence-corrected chi connectivity index (χ4v) is 4.13. The minimum atomic E-state index is -4.41. The van der Waals surface area contributed by atoms with Crippen molar-refractivity contribution in [2.45, 2.75) is 22.6 Å². The summed E-state index contributed by atoms with van der Waals surface area (Å²) in [6.45, 7) is 4.13. The number of benzene rings is 3. The van der Waals surface area contributed by atoms with Gasteiger partial charge in [0.2, 0.25) is 5.91 Å². The molecular formula is C23H25N3Na2O8S2. The summed E-state index contributed by atoms with van der Waals surface area (Å²) in [5.41, 5.74) is 0.575. The van der Waals surface area contributed by atoms with Crippen LogP contribution in [0.4, 0.5) is 11.4 Å². The summed E-state index contributed by atoms with van der Waals surface area (Å²) >= 11 is 0. The Balaban J connectivity index is 0.00000361. The molecule has 0 radical (unpaired) electrons. The predicted molar refractivity (Wildman–Crippen MR) is 146 cm³/mol. The third-order valence-corrected chi connectivity index (χ3v) is 6.65. The number of nitrogens with one attached hydrogen (secondary N) is 1. The van der Waals surface area contributed by atoms with Crippen molar-refractivity contribution in [2.75, 3.05) is 13.2 Å². The number of nitrogens with zero attached hydrogens (tertiary/aromatic N) is 2. The first kappa shape index (κ1) is 34.4. The molecule has 3 aromatic rings. The molecule has 1 amide bonds. The number of amides is 1. The van der Waals surface area contributed by atoms with Gasteiger partial charge in [0.25, 0.3) is 20.2 Å². The Morgan fingerprint density at radius 1 is 0.895 bits per heavy atom. The van der Waals surface area contributed by atoms with Gasteiger partial charge < -0.3 is 10.1 Å². The van der Waals surface area contributed by atoms with Gasteiger partial charge in [0, 0.05) is 11.9 Å². The van der Waals surface area contributed by atoms with Crippen molar-refractivity contribution in [1.82, 2.24) is 5.32 Å². The number of unbranched alkanes of at least 4 members (excludes halogenated alkanes) is 1. The summed E-state index contributed by atoms with van der Waals surface area (Å²) in [7, 11) is -8.76. The Labute approximate surface area is 264 Å². The van der Waals surface area contributed by atoms with E-state index >= 15 is 0 Å². The van der Waals surface area contributed by atoms with E-state index in [-0.39, 0.29) is 86.2 Å².